The molecule has 2 heterocycles. The number of carbonyl (C=O) groups excluding carboxylic acids is 2. The largest absolute Gasteiger partial charge is 0.355 e. The molecule has 5 heteroatoms. The molecule has 0 aromatic heterocycles. The van der Waals surface area contributed by atoms with Crippen LogP contribution in [-0.4, -0.2) is 48.4 Å². The summed E-state index contributed by atoms with van der Waals surface area (Å²) in [4.78, 5) is 25.3. The van der Waals surface area contributed by atoms with Gasteiger partial charge in [-0.25, -0.2) is 0 Å². The van der Waals surface area contributed by atoms with Gasteiger partial charge in [0, 0.05) is 32.3 Å². The molecule has 2 aliphatic heterocycles. The van der Waals surface area contributed by atoms with Crippen LogP contribution in [0.25, 0.3) is 0 Å². The van der Waals surface area contributed by atoms with E-state index in [2.05, 4.69) is 5.32 Å². The number of thioether (sulfide) groups is 1. The van der Waals surface area contributed by atoms with E-state index in [1.165, 1.54) is 4.90 Å². The standard InChI is InChI=1S/C11H14N2O2S/c1-12-10(14)8-6-4-5-7(16-6)9(8)11(15)13(2)3/h4-7H,1-3H3,(H,12,14). The lowest BCUT2D eigenvalue weighted by molar-refractivity contribution is -0.125. The third-order valence-electron chi connectivity index (χ3n) is 2.72. The van der Waals surface area contributed by atoms with E-state index in [-0.39, 0.29) is 22.3 Å². The highest BCUT2D eigenvalue weighted by molar-refractivity contribution is 8.01. The second-order valence-electron chi connectivity index (χ2n) is 3.97. The van der Waals surface area contributed by atoms with Gasteiger partial charge in [-0.05, 0) is 0 Å². The Balaban J connectivity index is 2.41. The zero-order valence-corrected chi connectivity index (χ0v) is 10.3. The lowest BCUT2D eigenvalue weighted by Gasteiger charge is -2.17. The second kappa shape index (κ2) is 3.97. The second-order valence-corrected chi connectivity index (χ2v) is 5.26. The Morgan fingerprint density at radius 2 is 1.81 bits per heavy atom. The summed E-state index contributed by atoms with van der Waals surface area (Å²) in [5.74, 6) is -0.211. The van der Waals surface area contributed by atoms with Gasteiger partial charge in [-0.2, -0.15) is 0 Å². The molecule has 0 radical (unpaired) electrons. The fourth-order valence-electron chi connectivity index (χ4n) is 1.95. The first-order valence-corrected chi connectivity index (χ1v) is 6.02. The van der Waals surface area contributed by atoms with Crippen molar-refractivity contribution in [3.63, 3.8) is 0 Å². The van der Waals surface area contributed by atoms with E-state index < -0.39 is 0 Å². The highest BCUT2D eigenvalue weighted by Gasteiger charge is 2.42. The van der Waals surface area contributed by atoms with E-state index in [4.69, 9.17) is 0 Å². The summed E-state index contributed by atoms with van der Waals surface area (Å²) < 4.78 is 0. The first kappa shape index (κ1) is 11.3. The number of nitrogens with one attached hydrogen (secondary N) is 1. The van der Waals surface area contributed by atoms with Crippen molar-refractivity contribution < 1.29 is 9.59 Å². The average molecular weight is 238 g/mol. The van der Waals surface area contributed by atoms with Crippen molar-refractivity contribution >= 4 is 23.6 Å². The molecule has 0 spiro atoms. The Kier molecular flexibility index (Phi) is 2.80. The highest BCUT2D eigenvalue weighted by atomic mass is 32.2. The molecule has 0 aromatic carbocycles. The molecule has 2 rings (SSSR count). The van der Waals surface area contributed by atoms with Gasteiger partial charge >= 0.3 is 0 Å². The van der Waals surface area contributed by atoms with Gasteiger partial charge in [0.1, 0.15) is 0 Å². The Hall–Kier alpha value is -1.23. The van der Waals surface area contributed by atoms with Crippen LogP contribution in [0.2, 0.25) is 0 Å². The van der Waals surface area contributed by atoms with E-state index in [0.29, 0.717) is 11.1 Å². The molecule has 16 heavy (non-hydrogen) atoms. The minimum atomic E-state index is -0.144. The van der Waals surface area contributed by atoms with Crippen LogP contribution in [0.4, 0.5) is 0 Å². The van der Waals surface area contributed by atoms with Gasteiger partial charge in [-0.3, -0.25) is 9.59 Å². The summed E-state index contributed by atoms with van der Waals surface area (Å²) >= 11 is 1.64. The third-order valence-corrected chi connectivity index (χ3v) is 4.09. The van der Waals surface area contributed by atoms with Gasteiger partial charge in [-0.1, -0.05) is 12.2 Å². The van der Waals surface area contributed by atoms with Crippen LogP contribution in [0, 0.1) is 0 Å². The first-order chi connectivity index (χ1) is 7.56. The van der Waals surface area contributed by atoms with E-state index in [9.17, 15) is 9.59 Å². The number of nitrogens with zero attached hydrogens (tertiary/aromatic N) is 1. The molecule has 0 fully saturated rings. The Bertz CT molecular complexity index is 412. The van der Waals surface area contributed by atoms with Crippen molar-refractivity contribution in [2.45, 2.75) is 10.5 Å². The van der Waals surface area contributed by atoms with Crippen LogP contribution in [-0.2, 0) is 9.59 Å². The van der Waals surface area contributed by atoms with Crippen molar-refractivity contribution in [1.82, 2.24) is 10.2 Å². The van der Waals surface area contributed by atoms with Gasteiger partial charge in [0.25, 0.3) is 5.91 Å². The molecule has 0 aliphatic carbocycles. The molecule has 2 unspecified atom stereocenters. The van der Waals surface area contributed by atoms with Gasteiger partial charge < -0.3 is 10.2 Å². The molecule has 2 amide bonds. The van der Waals surface area contributed by atoms with Crippen molar-refractivity contribution in [2.75, 3.05) is 21.1 Å². The summed E-state index contributed by atoms with van der Waals surface area (Å²) in [6, 6.07) is 0. The van der Waals surface area contributed by atoms with Crippen molar-refractivity contribution in [3.05, 3.63) is 23.3 Å². The minimum Gasteiger partial charge on any atom is -0.355 e. The zero-order valence-electron chi connectivity index (χ0n) is 9.48. The van der Waals surface area contributed by atoms with Crippen molar-refractivity contribution in [1.29, 1.82) is 0 Å². The number of likely N-dealkylation sites (N-methyl/N-ethyl adjacent to an activating group) is 2. The van der Waals surface area contributed by atoms with Crippen LogP contribution < -0.4 is 5.32 Å². The Labute approximate surface area is 98.8 Å². The molecule has 1 N–H and O–H groups in total. The number of amides is 2. The zero-order chi connectivity index (χ0) is 11.9. The van der Waals surface area contributed by atoms with Crippen LogP contribution in [0.3, 0.4) is 0 Å². The molecule has 4 nitrogen and oxygen atoms in total. The van der Waals surface area contributed by atoms with E-state index in [0.717, 1.165) is 0 Å². The maximum absolute atomic E-state index is 12.0. The van der Waals surface area contributed by atoms with Gasteiger partial charge in [0.05, 0.1) is 10.5 Å². The summed E-state index contributed by atoms with van der Waals surface area (Å²) in [6.45, 7) is 0. The van der Waals surface area contributed by atoms with Crippen LogP contribution in [0.1, 0.15) is 0 Å². The molecule has 0 saturated heterocycles. The molecule has 0 aromatic rings. The van der Waals surface area contributed by atoms with Crippen LogP contribution in [0.15, 0.2) is 23.3 Å². The summed E-state index contributed by atoms with van der Waals surface area (Å²) in [5, 5.41) is 2.69. The number of rotatable bonds is 2. The predicted octanol–water partition coefficient (Wildman–Crippen LogP) is 0.171. The molecule has 2 aliphatic rings. The van der Waals surface area contributed by atoms with E-state index in [1.54, 1.807) is 32.9 Å². The van der Waals surface area contributed by atoms with E-state index >= 15 is 0 Å². The highest BCUT2D eigenvalue weighted by Crippen LogP contribution is 2.45. The molecular weight excluding hydrogens is 224 g/mol. The molecule has 2 atom stereocenters. The van der Waals surface area contributed by atoms with Crippen molar-refractivity contribution in [2.24, 2.45) is 0 Å². The molecule has 2 bridgehead atoms. The number of carbonyl (C=O) groups is 2. The molecule has 86 valence electrons. The predicted molar refractivity (Wildman–Crippen MR) is 64.1 cm³/mol. The van der Waals surface area contributed by atoms with Crippen molar-refractivity contribution in [3.8, 4) is 0 Å². The number of hydrogen-bond donors (Lipinski definition) is 1. The lowest BCUT2D eigenvalue weighted by atomic mass is 9.95. The summed E-state index contributed by atoms with van der Waals surface area (Å²) in [5.41, 5.74) is 1.26. The number of fused-ring (bicyclic) bond motifs is 2. The first-order valence-electron chi connectivity index (χ1n) is 5.08. The topological polar surface area (TPSA) is 49.4 Å². The van der Waals surface area contributed by atoms with Gasteiger partial charge in [0.2, 0.25) is 5.91 Å². The van der Waals surface area contributed by atoms with Crippen LogP contribution >= 0.6 is 11.8 Å². The smallest absolute Gasteiger partial charge is 0.251 e. The Morgan fingerprint density at radius 1 is 1.25 bits per heavy atom. The summed E-state index contributed by atoms with van der Waals surface area (Å²) in [7, 11) is 5.00. The SMILES string of the molecule is CNC(=O)C1=C(C(=O)N(C)C)C2C=CC1S2. The fourth-order valence-corrected chi connectivity index (χ4v) is 3.36. The number of hydrogen-bond acceptors (Lipinski definition) is 3. The normalized spacial score (nSPS) is 26.2. The maximum atomic E-state index is 12.0. The Morgan fingerprint density at radius 3 is 2.31 bits per heavy atom. The maximum Gasteiger partial charge on any atom is 0.251 e. The molecule has 0 saturated carbocycles. The van der Waals surface area contributed by atoms with Crippen LogP contribution in [0.5, 0.6) is 0 Å². The van der Waals surface area contributed by atoms with E-state index in [1.807, 2.05) is 12.2 Å². The summed E-state index contributed by atoms with van der Waals surface area (Å²) in [6.07, 6.45) is 3.99. The quantitative estimate of drug-likeness (QED) is 0.698. The third kappa shape index (κ3) is 1.55. The molecular formula is C11H14N2O2S. The van der Waals surface area contributed by atoms with Gasteiger partial charge in [-0.15, -0.1) is 11.8 Å². The monoisotopic (exact) mass is 238 g/mol. The minimum absolute atomic E-state index is 0.0452. The fraction of sp³-hybridized carbons (Fsp3) is 0.455. The van der Waals surface area contributed by atoms with Gasteiger partial charge in [0.15, 0.2) is 0 Å². The lowest BCUT2D eigenvalue weighted by Crippen LogP contribution is -2.32. The average Bonchev–Trinajstić information content (AvgIpc) is 2.86.